The standard InChI is InChI=1S/C23H21N5O3S2/c29-21(27(17-7-3-1-4-8-17)19-11-12-33(30,31)15-19)14-32-23-20-13-26-28(22(20)24-16-25-23)18-9-5-2-6-10-18/h1-10,13,16,19H,11-12,14-15H2/t19-/m1/s1. The summed E-state index contributed by atoms with van der Waals surface area (Å²) in [7, 11) is -3.13. The number of hydrogen-bond acceptors (Lipinski definition) is 7. The van der Waals surface area contributed by atoms with Crippen molar-refractivity contribution in [2.45, 2.75) is 17.5 Å². The van der Waals surface area contributed by atoms with Crippen LogP contribution in [0.25, 0.3) is 16.7 Å². The number of anilines is 1. The van der Waals surface area contributed by atoms with Gasteiger partial charge in [0.25, 0.3) is 0 Å². The molecule has 8 nitrogen and oxygen atoms in total. The lowest BCUT2D eigenvalue weighted by Gasteiger charge is -2.28. The molecule has 5 rings (SSSR count). The molecule has 0 saturated carbocycles. The Balaban J connectivity index is 1.40. The van der Waals surface area contributed by atoms with Crippen molar-refractivity contribution in [3.05, 3.63) is 73.2 Å². The largest absolute Gasteiger partial charge is 0.308 e. The molecule has 1 fully saturated rings. The summed E-state index contributed by atoms with van der Waals surface area (Å²) in [5.74, 6) is 0.0520. The predicted octanol–water partition coefficient (Wildman–Crippen LogP) is 3.13. The van der Waals surface area contributed by atoms with E-state index in [2.05, 4.69) is 15.1 Å². The maximum absolute atomic E-state index is 13.3. The maximum Gasteiger partial charge on any atom is 0.237 e. The van der Waals surface area contributed by atoms with E-state index in [-0.39, 0.29) is 29.2 Å². The highest BCUT2D eigenvalue weighted by atomic mass is 32.2. The molecule has 10 heteroatoms. The number of benzene rings is 2. The summed E-state index contributed by atoms with van der Waals surface area (Å²) in [5, 5.41) is 5.87. The topological polar surface area (TPSA) is 98.1 Å². The van der Waals surface area contributed by atoms with Gasteiger partial charge in [-0.25, -0.2) is 23.1 Å². The summed E-state index contributed by atoms with van der Waals surface area (Å²) >= 11 is 1.30. The van der Waals surface area contributed by atoms with Crippen LogP contribution in [0.3, 0.4) is 0 Å². The smallest absolute Gasteiger partial charge is 0.237 e. The molecule has 1 aliphatic rings. The zero-order chi connectivity index (χ0) is 22.8. The highest BCUT2D eigenvalue weighted by Crippen LogP contribution is 2.29. The Morgan fingerprint density at radius 2 is 1.79 bits per heavy atom. The van der Waals surface area contributed by atoms with E-state index in [4.69, 9.17) is 0 Å². The van der Waals surface area contributed by atoms with Crippen molar-refractivity contribution < 1.29 is 13.2 Å². The van der Waals surface area contributed by atoms with Gasteiger partial charge >= 0.3 is 0 Å². The number of carbonyl (C=O) groups excluding carboxylic acids is 1. The van der Waals surface area contributed by atoms with Crippen LogP contribution in [0.4, 0.5) is 5.69 Å². The van der Waals surface area contributed by atoms with Gasteiger partial charge in [-0.3, -0.25) is 4.79 Å². The third kappa shape index (κ3) is 4.49. The van der Waals surface area contributed by atoms with Crippen LogP contribution in [0.1, 0.15) is 6.42 Å². The molecule has 1 aliphatic heterocycles. The van der Waals surface area contributed by atoms with Gasteiger partial charge in [0.2, 0.25) is 5.91 Å². The molecular formula is C23H21N5O3S2. The Hall–Kier alpha value is -3.24. The summed E-state index contributed by atoms with van der Waals surface area (Å²) in [5.41, 5.74) is 2.25. The van der Waals surface area contributed by atoms with Crippen LogP contribution in [-0.4, -0.2) is 57.4 Å². The number of fused-ring (bicyclic) bond motifs is 1. The molecule has 0 bridgehead atoms. The Labute approximate surface area is 195 Å². The van der Waals surface area contributed by atoms with Crippen molar-refractivity contribution in [2.24, 2.45) is 0 Å². The summed E-state index contributed by atoms with van der Waals surface area (Å²) in [4.78, 5) is 23.7. The van der Waals surface area contributed by atoms with Gasteiger partial charge in [-0.1, -0.05) is 48.2 Å². The molecular weight excluding hydrogens is 458 g/mol. The maximum atomic E-state index is 13.3. The van der Waals surface area contributed by atoms with Gasteiger partial charge in [-0.15, -0.1) is 0 Å². The normalized spacial score (nSPS) is 17.3. The summed E-state index contributed by atoms with van der Waals surface area (Å²) < 4.78 is 25.9. The van der Waals surface area contributed by atoms with Gasteiger partial charge in [0, 0.05) is 5.69 Å². The van der Waals surface area contributed by atoms with Crippen molar-refractivity contribution in [1.82, 2.24) is 19.7 Å². The van der Waals surface area contributed by atoms with Crippen LogP contribution in [-0.2, 0) is 14.6 Å². The van der Waals surface area contributed by atoms with E-state index in [1.807, 2.05) is 60.7 Å². The van der Waals surface area contributed by atoms with Gasteiger partial charge in [-0.05, 0) is 30.7 Å². The number of thioether (sulfide) groups is 1. The Morgan fingerprint density at radius 3 is 2.48 bits per heavy atom. The van der Waals surface area contributed by atoms with Crippen molar-refractivity contribution in [3.8, 4) is 5.69 Å². The monoisotopic (exact) mass is 479 g/mol. The SMILES string of the molecule is O=C(CSc1ncnc2c1cnn2-c1ccccc1)N(c1ccccc1)[C@@H]1CCS(=O)(=O)C1. The lowest BCUT2D eigenvalue weighted by atomic mass is 10.2. The number of aromatic nitrogens is 4. The highest BCUT2D eigenvalue weighted by Gasteiger charge is 2.35. The van der Waals surface area contributed by atoms with Crippen LogP contribution in [0.15, 0.2) is 78.2 Å². The first-order valence-electron chi connectivity index (χ1n) is 10.5. The molecule has 2 aromatic heterocycles. The zero-order valence-electron chi connectivity index (χ0n) is 17.6. The lowest BCUT2D eigenvalue weighted by molar-refractivity contribution is -0.116. The fourth-order valence-electron chi connectivity index (χ4n) is 4.02. The van der Waals surface area contributed by atoms with Gasteiger partial charge in [0.15, 0.2) is 15.5 Å². The van der Waals surface area contributed by atoms with E-state index < -0.39 is 9.84 Å². The molecule has 0 aliphatic carbocycles. The van der Waals surface area contributed by atoms with Gasteiger partial charge in [0.1, 0.15) is 11.4 Å². The first-order valence-corrected chi connectivity index (χ1v) is 13.3. The second-order valence-electron chi connectivity index (χ2n) is 7.75. The highest BCUT2D eigenvalue weighted by molar-refractivity contribution is 8.00. The van der Waals surface area contributed by atoms with Crippen LogP contribution >= 0.6 is 11.8 Å². The van der Waals surface area contributed by atoms with Crippen molar-refractivity contribution in [1.29, 1.82) is 0 Å². The number of nitrogens with zero attached hydrogens (tertiary/aromatic N) is 5. The molecule has 0 radical (unpaired) electrons. The predicted molar refractivity (Wildman–Crippen MR) is 128 cm³/mol. The Morgan fingerprint density at radius 1 is 1.06 bits per heavy atom. The Bertz CT molecular complexity index is 1390. The molecule has 1 saturated heterocycles. The molecule has 168 valence electrons. The molecule has 1 amide bonds. The third-order valence-corrected chi connectivity index (χ3v) is 8.28. The third-order valence-electron chi connectivity index (χ3n) is 5.54. The van der Waals surface area contributed by atoms with Crippen LogP contribution < -0.4 is 4.90 Å². The molecule has 0 unspecified atom stereocenters. The minimum absolute atomic E-state index is 0.0140. The fourth-order valence-corrected chi connectivity index (χ4v) is 6.54. The summed E-state index contributed by atoms with van der Waals surface area (Å²) in [6, 6.07) is 18.5. The minimum atomic E-state index is -3.13. The molecule has 3 heterocycles. The first-order chi connectivity index (χ1) is 16.0. The second kappa shape index (κ2) is 8.95. The van der Waals surface area contributed by atoms with E-state index in [9.17, 15) is 13.2 Å². The van der Waals surface area contributed by atoms with E-state index >= 15 is 0 Å². The zero-order valence-corrected chi connectivity index (χ0v) is 19.2. The lowest BCUT2D eigenvalue weighted by Crippen LogP contribution is -2.42. The number of amides is 1. The molecule has 2 aromatic carbocycles. The minimum Gasteiger partial charge on any atom is -0.308 e. The molecule has 4 aromatic rings. The van der Waals surface area contributed by atoms with Crippen molar-refractivity contribution in [2.75, 3.05) is 22.2 Å². The van der Waals surface area contributed by atoms with Crippen LogP contribution in [0, 0.1) is 0 Å². The van der Waals surface area contributed by atoms with E-state index in [0.29, 0.717) is 22.8 Å². The average Bonchev–Trinajstić information content (AvgIpc) is 3.42. The van der Waals surface area contributed by atoms with Crippen LogP contribution in [0.2, 0.25) is 0 Å². The summed E-state index contributed by atoms with van der Waals surface area (Å²) in [6.45, 7) is 0. The molecule has 0 spiro atoms. The van der Waals surface area contributed by atoms with Crippen molar-refractivity contribution in [3.63, 3.8) is 0 Å². The second-order valence-corrected chi connectivity index (χ2v) is 10.9. The van der Waals surface area contributed by atoms with Gasteiger partial charge in [0.05, 0.1) is 40.6 Å². The number of carbonyl (C=O) groups is 1. The van der Waals surface area contributed by atoms with Crippen molar-refractivity contribution >= 4 is 44.2 Å². The van der Waals surface area contributed by atoms with Gasteiger partial charge in [-0.2, -0.15) is 5.10 Å². The fraction of sp³-hybridized carbons (Fsp3) is 0.217. The number of rotatable bonds is 6. The first kappa shape index (κ1) is 21.6. The van der Waals surface area contributed by atoms with Gasteiger partial charge < -0.3 is 4.90 Å². The number of para-hydroxylation sites is 2. The number of hydrogen-bond donors (Lipinski definition) is 0. The quantitative estimate of drug-likeness (QED) is 0.310. The van der Waals surface area contributed by atoms with E-state index in [1.54, 1.807) is 15.8 Å². The average molecular weight is 480 g/mol. The Kier molecular flexibility index (Phi) is 5.86. The van der Waals surface area contributed by atoms with E-state index in [1.165, 1.54) is 18.1 Å². The number of sulfone groups is 1. The van der Waals surface area contributed by atoms with E-state index in [0.717, 1.165) is 11.1 Å². The molecule has 1 atom stereocenters. The molecule has 33 heavy (non-hydrogen) atoms. The van der Waals surface area contributed by atoms with Crippen LogP contribution in [0.5, 0.6) is 0 Å². The summed E-state index contributed by atoms with van der Waals surface area (Å²) in [6.07, 6.45) is 3.61. The molecule has 0 N–H and O–H groups in total.